The smallest absolute Gasteiger partial charge is 0.382 e. The van der Waals surface area contributed by atoms with E-state index in [0.717, 1.165) is 18.2 Å². The maximum Gasteiger partial charge on any atom is 0.416 e. The predicted octanol–water partition coefficient (Wildman–Crippen LogP) is 4.14. The number of hydrogen-bond acceptors (Lipinski definition) is 4. The van der Waals surface area contributed by atoms with Crippen LogP contribution in [0.2, 0.25) is 0 Å². The molecule has 33 heavy (non-hydrogen) atoms. The van der Waals surface area contributed by atoms with Gasteiger partial charge in [0.2, 0.25) is 0 Å². The maximum absolute atomic E-state index is 14.0. The van der Waals surface area contributed by atoms with Gasteiger partial charge in [-0.05, 0) is 36.4 Å². The lowest BCUT2D eigenvalue weighted by molar-refractivity contribution is -0.137. The number of anilines is 2. The van der Waals surface area contributed by atoms with E-state index in [0.29, 0.717) is 0 Å². The number of amides is 2. The van der Waals surface area contributed by atoms with Crippen LogP contribution in [0.4, 0.5) is 28.9 Å². The largest absolute Gasteiger partial charge is 0.416 e. The minimum Gasteiger partial charge on any atom is -0.382 e. The molecular weight excluding hydrogens is 444 g/mol. The second-order valence-corrected chi connectivity index (χ2v) is 7.35. The number of nitrogens with one attached hydrogen (secondary N) is 1. The van der Waals surface area contributed by atoms with E-state index in [1.807, 2.05) is 0 Å². The average molecular weight is 462 g/mol. The molecule has 1 aromatic heterocycles. The molecule has 0 fully saturated rings. The summed E-state index contributed by atoms with van der Waals surface area (Å²) in [6, 6.07) is 9.08. The van der Waals surface area contributed by atoms with Gasteiger partial charge < -0.3 is 15.0 Å². The molecule has 0 aliphatic carbocycles. The van der Waals surface area contributed by atoms with Gasteiger partial charge in [-0.25, -0.2) is 4.39 Å². The summed E-state index contributed by atoms with van der Waals surface area (Å²) in [5.74, 6) is -2.08. The van der Waals surface area contributed by atoms with Crippen LogP contribution in [0.25, 0.3) is 0 Å². The van der Waals surface area contributed by atoms with E-state index in [2.05, 4.69) is 10.4 Å². The molecular formula is C22H18F4N4O3. The molecule has 11 heteroatoms. The topological polar surface area (TPSA) is 76.5 Å². The highest BCUT2D eigenvalue weighted by atomic mass is 19.4. The Kier molecular flexibility index (Phi) is 5.90. The van der Waals surface area contributed by atoms with Crippen molar-refractivity contribution in [1.82, 2.24) is 9.78 Å². The van der Waals surface area contributed by atoms with Crippen LogP contribution >= 0.6 is 0 Å². The van der Waals surface area contributed by atoms with Crippen molar-refractivity contribution in [2.75, 3.05) is 30.5 Å². The van der Waals surface area contributed by atoms with Crippen molar-refractivity contribution >= 4 is 23.2 Å². The molecule has 0 spiro atoms. The zero-order chi connectivity index (χ0) is 23.8. The first-order chi connectivity index (χ1) is 15.7. The van der Waals surface area contributed by atoms with Crippen LogP contribution in [-0.4, -0.2) is 41.9 Å². The van der Waals surface area contributed by atoms with Crippen molar-refractivity contribution in [3.05, 3.63) is 77.4 Å². The number of aromatic nitrogens is 2. The number of methoxy groups -OCH3 is 1. The Morgan fingerprint density at radius 1 is 1.18 bits per heavy atom. The molecule has 0 saturated carbocycles. The Labute approximate surface area is 185 Å². The predicted molar refractivity (Wildman–Crippen MR) is 111 cm³/mol. The number of carbonyl (C=O) groups is 2. The fourth-order valence-electron chi connectivity index (χ4n) is 3.65. The Bertz CT molecular complexity index is 1190. The number of nitrogens with zero attached hydrogens (tertiary/aromatic N) is 3. The quantitative estimate of drug-likeness (QED) is 0.579. The van der Waals surface area contributed by atoms with Crippen LogP contribution in [-0.2, 0) is 10.9 Å². The Morgan fingerprint density at radius 2 is 1.88 bits per heavy atom. The first-order valence-electron chi connectivity index (χ1n) is 9.82. The second kappa shape index (κ2) is 8.66. The molecule has 3 aromatic rings. The van der Waals surface area contributed by atoms with E-state index >= 15 is 0 Å². The molecule has 172 valence electrons. The monoisotopic (exact) mass is 462 g/mol. The van der Waals surface area contributed by atoms with Crippen molar-refractivity contribution in [2.45, 2.75) is 12.2 Å². The third-order valence-electron chi connectivity index (χ3n) is 5.21. The van der Waals surface area contributed by atoms with Gasteiger partial charge >= 0.3 is 6.18 Å². The van der Waals surface area contributed by atoms with Gasteiger partial charge in [-0.3, -0.25) is 14.3 Å². The van der Waals surface area contributed by atoms with E-state index in [1.54, 1.807) is 0 Å². The lowest BCUT2D eigenvalue weighted by Gasteiger charge is -2.33. The van der Waals surface area contributed by atoms with E-state index < -0.39 is 35.4 Å². The fourth-order valence-corrected chi connectivity index (χ4v) is 3.65. The molecule has 1 aliphatic heterocycles. The highest BCUT2D eigenvalue weighted by molar-refractivity contribution is 6.13. The van der Waals surface area contributed by atoms with Gasteiger partial charge in [-0.1, -0.05) is 12.1 Å². The number of hydrogen-bond donors (Lipinski definition) is 1. The van der Waals surface area contributed by atoms with Crippen molar-refractivity contribution < 1.29 is 31.9 Å². The molecule has 2 heterocycles. The van der Waals surface area contributed by atoms with Gasteiger partial charge in [-0.15, -0.1) is 0 Å². The lowest BCUT2D eigenvalue weighted by Crippen LogP contribution is -2.45. The van der Waals surface area contributed by atoms with Crippen LogP contribution in [0.1, 0.15) is 32.5 Å². The van der Waals surface area contributed by atoms with Crippen molar-refractivity contribution in [3.8, 4) is 0 Å². The SMILES string of the molecule is COCC1CN(c2ccc(C(F)(F)F)cc2)C(=O)c2c(NC(=O)c3ccccc3F)cnn21. The Hall–Kier alpha value is -3.73. The van der Waals surface area contributed by atoms with Crippen LogP contribution in [0.15, 0.2) is 54.7 Å². The van der Waals surface area contributed by atoms with Gasteiger partial charge in [0.1, 0.15) is 5.82 Å². The van der Waals surface area contributed by atoms with Crippen LogP contribution in [0, 0.1) is 5.82 Å². The molecule has 4 rings (SSSR count). The van der Waals surface area contributed by atoms with Gasteiger partial charge in [0.05, 0.1) is 42.2 Å². The molecule has 2 aromatic carbocycles. The summed E-state index contributed by atoms with van der Waals surface area (Å²) in [5, 5.41) is 6.68. The van der Waals surface area contributed by atoms with E-state index in [4.69, 9.17) is 4.74 Å². The molecule has 1 atom stereocenters. The zero-order valence-corrected chi connectivity index (χ0v) is 17.3. The summed E-state index contributed by atoms with van der Waals surface area (Å²) in [5.41, 5.74) is -0.757. The Morgan fingerprint density at radius 3 is 2.52 bits per heavy atom. The summed E-state index contributed by atoms with van der Waals surface area (Å²) in [4.78, 5) is 27.2. The first kappa shape index (κ1) is 22.5. The summed E-state index contributed by atoms with van der Waals surface area (Å²) >= 11 is 0. The normalized spacial score (nSPS) is 16.0. The number of alkyl halides is 3. The first-order valence-corrected chi connectivity index (χ1v) is 9.82. The van der Waals surface area contributed by atoms with Crippen LogP contribution in [0.5, 0.6) is 0 Å². The molecule has 1 unspecified atom stereocenters. The van der Waals surface area contributed by atoms with Gasteiger partial charge in [0.15, 0.2) is 5.69 Å². The highest BCUT2D eigenvalue weighted by Crippen LogP contribution is 2.34. The lowest BCUT2D eigenvalue weighted by atomic mass is 10.1. The molecule has 2 amide bonds. The third-order valence-corrected chi connectivity index (χ3v) is 5.21. The average Bonchev–Trinajstić information content (AvgIpc) is 3.20. The maximum atomic E-state index is 14.0. The molecule has 0 radical (unpaired) electrons. The van der Waals surface area contributed by atoms with Gasteiger partial charge in [0.25, 0.3) is 11.8 Å². The summed E-state index contributed by atoms with van der Waals surface area (Å²) in [6.45, 7) is 0.243. The molecule has 0 bridgehead atoms. The van der Waals surface area contributed by atoms with Crippen molar-refractivity contribution in [1.29, 1.82) is 0 Å². The minimum absolute atomic E-state index is 0.00730. The Balaban J connectivity index is 1.68. The number of carbonyl (C=O) groups excluding carboxylic acids is 2. The second-order valence-electron chi connectivity index (χ2n) is 7.35. The number of halogens is 4. The molecule has 0 saturated heterocycles. The highest BCUT2D eigenvalue weighted by Gasteiger charge is 2.37. The zero-order valence-electron chi connectivity index (χ0n) is 17.3. The third kappa shape index (κ3) is 4.31. The van der Waals surface area contributed by atoms with E-state index in [1.165, 1.54) is 53.2 Å². The number of fused-ring (bicyclic) bond motifs is 1. The number of ether oxygens (including phenoxy) is 1. The summed E-state index contributed by atoms with van der Waals surface area (Å²) in [7, 11) is 1.46. The number of benzene rings is 2. The van der Waals surface area contributed by atoms with Crippen molar-refractivity contribution in [3.63, 3.8) is 0 Å². The minimum atomic E-state index is -4.51. The van der Waals surface area contributed by atoms with Gasteiger partial charge in [-0.2, -0.15) is 18.3 Å². The van der Waals surface area contributed by atoms with Gasteiger partial charge in [0, 0.05) is 12.8 Å². The fraction of sp³-hybridized carbons (Fsp3) is 0.227. The summed E-state index contributed by atoms with van der Waals surface area (Å²) < 4.78 is 59.4. The van der Waals surface area contributed by atoms with Crippen LogP contribution < -0.4 is 10.2 Å². The van der Waals surface area contributed by atoms with E-state index in [9.17, 15) is 27.2 Å². The van der Waals surface area contributed by atoms with E-state index in [-0.39, 0.29) is 35.8 Å². The summed E-state index contributed by atoms with van der Waals surface area (Å²) in [6.07, 6.45) is -3.24. The molecule has 1 N–H and O–H groups in total. The molecule has 7 nitrogen and oxygen atoms in total. The number of rotatable bonds is 5. The standard InChI is InChI=1S/C22H18F4N4O3/c1-33-12-15-11-29(14-8-6-13(7-9-14)22(24,25)26)21(32)19-18(10-27-30(15)19)28-20(31)16-4-2-3-5-17(16)23/h2-10,15H,11-12H2,1H3,(H,28,31). The van der Waals surface area contributed by atoms with Crippen LogP contribution in [0.3, 0.4) is 0 Å². The molecule has 1 aliphatic rings. The van der Waals surface area contributed by atoms with Crippen molar-refractivity contribution in [2.24, 2.45) is 0 Å².